The summed E-state index contributed by atoms with van der Waals surface area (Å²) in [4.78, 5) is 12.1. The number of hydrogen-bond acceptors (Lipinski definition) is 4. The first-order valence-corrected chi connectivity index (χ1v) is 9.23. The van der Waals surface area contributed by atoms with Crippen molar-refractivity contribution < 1.29 is 14.3 Å². The number of amides is 1. The average molecular weight is 398 g/mol. The summed E-state index contributed by atoms with van der Waals surface area (Å²) < 4.78 is 12.0. The summed E-state index contributed by atoms with van der Waals surface area (Å²) in [6.07, 6.45) is 0.289. The predicted molar refractivity (Wildman–Crippen MR) is 96.3 cm³/mol. The van der Waals surface area contributed by atoms with Crippen molar-refractivity contribution in [2.24, 2.45) is 0 Å². The zero-order chi connectivity index (χ0) is 16.7. The lowest BCUT2D eigenvalue weighted by molar-refractivity contribution is -0.120. The second-order valence-electron chi connectivity index (χ2n) is 4.84. The van der Waals surface area contributed by atoms with Crippen LogP contribution in [-0.4, -0.2) is 19.1 Å². The third-order valence-electron chi connectivity index (χ3n) is 3.13. The molecule has 0 fully saturated rings. The van der Waals surface area contributed by atoms with Gasteiger partial charge in [-0.1, -0.05) is 15.9 Å². The normalized spacial score (nSPS) is 10.4. The van der Waals surface area contributed by atoms with E-state index < -0.39 is 0 Å². The second-order valence-corrected chi connectivity index (χ2v) is 6.48. The molecule has 124 valence electrons. The van der Waals surface area contributed by atoms with E-state index in [1.54, 1.807) is 11.3 Å². The van der Waals surface area contributed by atoms with Gasteiger partial charge in [-0.3, -0.25) is 4.79 Å². The van der Waals surface area contributed by atoms with E-state index in [2.05, 4.69) is 21.2 Å². The van der Waals surface area contributed by atoms with Gasteiger partial charge in [0.1, 0.15) is 0 Å². The Morgan fingerprint density at radius 2 is 1.91 bits per heavy atom. The lowest BCUT2D eigenvalue weighted by Gasteiger charge is -2.14. The fraction of sp³-hybridized carbons (Fsp3) is 0.353. The van der Waals surface area contributed by atoms with E-state index in [4.69, 9.17) is 9.47 Å². The molecule has 0 unspecified atom stereocenters. The topological polar surface area (TPSA) is 47.6 Å². The third-order valence-corrected chi connectivity index (χ3v) is 4.60. The Morgan fingerprint density at radius 3 is 2.52 bits per heavy atom. The standard InChI is InChI=1S/C17H20BrNO3S/c1-3-21-15-7-13(14(18)9-16(15)22-4-2)8-17(20)19-10-12-5-6-23-11-12/h5-7,9,11H,3-4,8,10H2,1-2H3,(H,19,20). The highest BCUT2D eigenvalue weighted by molar-refractivity contribution is 9.10. The molecule has 2 aromatic rings. The molecule has 0 saturated heterocycles. The molecule has 0 radical (unpaired) electrons. The number of carbonyl (C=O) groups excluding carboxylic acids is 1. The van der Waals surface area contributed by atoms with Crippen LogP contribution in [0.1, 0.15) is 25.0 Å². The van der Waals surface area contributed by atoms with Crippen LogP contribution in [-0.2, 0) is 17.8 Å². The van der Waals surface area contributed by atoms with Gasteiger partial charge in [0, 0.05) is 11.0 Å². The van der Waals surface area contributed by atoms with Gasteiger partial charge in [-0.15, -0.1) is 0 Å². The van der Waals surface area contributed by atoms with Gasteiger partial charge >= 0.3 is 0 Å². The molecule has 6 heteroatoms. The molecular weight excluding hydrogens is 378 g/mol. The van der Waals surface area contributed by atoms with E-state index in [0.717, 1.165) is 15.6 Å². The third kappa shape index (κ3) is 5.25. The number of thiophene rings is 1. The van der Waals surface area contributed by atoms with Crippen molar-refractivity contribution in [3.8, 4) is 11.5 Å². The maximum Gasteiger partial charge on any atom is 0.224 e. The molecule has 23 heavy (non-hydrogen) atoms. The van der Waals surface area contributed by atoms with Crippen LogP contribution in [0.25, 0.3) is 0 Å². The number of rotatable bonds is 8. The number of halogens is 1. The minimum Gasteiger partial charge on any atom is -0.490 e. The van der Waals surface area contributed by atoms with Gasteiger partial charge in [-0.05, 0) is 53.9 Å². The van der Waals surface area contributed by atoms with Crippen LogP contribution < -0.4 is 14.8 Å². The molecule has 0 saturated carbocycles. The maximum absolute atomic E-state index is 12.1. The SMILES string of the molecule is CCOc1cc(Br)c(CC(=O)NCc2ccsc2)cc1OCC. The smallest absolute Gasteiger partial charge is 0.224 e. The van der Waals surface area contributed by atoms with Crippen LogP contribution in [0.5, 0.6) is 11.5 Å². The van der Waals surface area contributed by atoms with E-state index in [1.165, 1.54) is 0 Å². The second kappa shape index (κ2) is 8.93. The zero-order valence-electron chi connectivity index (χ0n) is 13.2. The van der Waals surface area contributed by atoms with Gasteiger partial charge in [0.15, 0.2) is 11.5 Å². The van der Waals surface area contributed by atoms with E-state index in [-0.39, 0.29) is 12.3 Å². The minimum atomic E-state index is -0.0245. The van der Waals surface area contributed by atoms with Crippen molar-refractivity contribution >= 4 is 33.2 Å². The first-order valence-electron chi connectivity index (χ1n) is 7.49. The highest BCUT2D eigenvalue weighted by atomic mass is 79.9. The first-order chi connectivity index (χ1) is 11.1. The van der Waals surface area contributed by atoms with Crippen LogP contribution in [0.15, 0.2) is 33.4 Å². The van der Waals surface area contributed by atoms with Crippen molar-refractivity contribution in [3.63, 3.8) is 0 Å². The number of hydrogen-bond donors (Lipinski definition) is 1. The Morgan fingerprint density at radius 1 is 1.22 bits per heavy atom. The molecule has 0 spiro atoms. The van der Waals surface area contributed by atoms with Crippen LogP contribution in [0.2, 0.25) is 0 Å². The predicted octanol–water partition coefficient (Wildman–Crippen LogP) is 4.17. The molecular formula is C17H20BrNO3S. The first kappa shape index (κ1) is 17.8. The summed E-state index contributed by atoms with van der Waals surface area (Å²) in [5.74, 6) is 1.32. The zero-order valence-corrected chi connectivity index (χ0v) is 15.6. The van der Waals surface area contributed by atoms with Gasteiger partial charge in [0.05, 0.1) is 19.6 Å². The summed E-state index contributed by atoms with van der Waals surface area (Å²) >= 11 is 5.13. The van der Waals surface area contributed by atoms with E-state index in [0.29, 0.717) is 31.3 Å². The van der Waals surface area contributed by atoms with Gasteiger partial charge < -0.3 is 14.8 Å². The summed E-state index contributed by atoms with van der Waals surface area (Å²) in [6, 6.07) is 5.73. The molecule has 4 nitrogen and oxygen atoms in total. The Hall–Kier alpha value is -1.53. The number of nitrogens with one attached hydrogen (secondary N) is 1. The van der Waals surface area contributed by atoms with Gasteiger partial charge in [-0.2, -0.15) is 11.3 Å². The van der Waals surface area contributed by atoms with Gasteiger partial charge in [-0.25, -0.2) is 0 Å². The molecule has 1 heterocycles. The molecule has 0 aliphatic rings. The van der Waals surface area contributed by atoms with Crippen molar-refractivity contribution in [2.75, 3.05) is 13.2 Å². The van der Waals surface area contributed by atoms with Crippen molar-refractivity contribution in [3.05, 3.63) is 44.6 Å². The van der Waals surface area contributed by atoms with E-state index in [1.807, 2.05) is 42.8 Å². The Kier molecular flexibility index (Phi) is 6.92. The largest absolute Gasteiger partial charge is 0.490 e. The fourth-order valence-electron chi connectivity index (χ4n) is 2.08. The lowest BCUT2D eigenvalue weighted by atomic mass is 10.1. The highest BCUT2D eigenvalue weighted by Gasteiger charge is 2.13. The maximum atomic E-state index is 12.1. The van der Waals surface area contributed by atoms with Crippen molar-refractivity contribution in [1.29, 1.82) is 0 Å². The number of benzene rings is 1. The van der Waals surface area contributed by atoms with E-state index >= 15 is 0 Å². The molecule has 1 aromatic carbocycles. The Labute approximate surface area is 148 Å². The molecule has 0 aliphatic heterocycles. The Balaban J connectivity index is 2.05. The van der Waals surface area contributed by atoms with E-state index in [9.17, 15) is 4.79 Å². The summed E-state index contributed by atoms with van der Waals surface area (Å²) in [6.45, 7) is 5.51. The average Bonchev–Trinajstić information content (AvgIpc) is 3.03. The van der Waals surface area contributed by atoms with Crippen LogP contribution in [0.4, 0.5) is 0 Å². The van der Waals surface area contributed by atoms with Crippen LogP contribution in [0.3, 0.4) is 0 Å². The highest BCUT2D eigenvalue weighted by Crippen LogP contribution is 2.34. The molecule has 0 bridgehead atoms. The van der Waals surface area contributed by atoms with Crippen molar-refractivity contribution in [2.45, 2.75) is 26.8 Å². The van der Waals surface area contributed by atoms with Gasteiger partial charge in [0.2, 0.25) is 5.91 Å². The summed E-state index contributed by atoms with van der Waals surface area (Å²) in [5, 5.41) is 6.95. The lowest BCUT2D eigenvalue weighted by Crippen LogP contribution is -2.24. The molecule has 1 amide bonds. The molecule has 0 aliphatic carbocycles. The van der Waals surface area contributed by atoms with Crippen molar-refractivity contribution in [1.82, 2.24) is 5.32 Å². The molecule has 0 atom stereocenters. The Bertz CT molecular complexity index is 644. The minimum absolute atomic E-state index is 0.0245. The molecule has 2 rings (SSSR count). The molecule has 1 N–H and O–H groups in total. The number of carbonyl (C=O) groups is 1. The quantitative estimate of drug-likeness (QED) is 0.726. The summed E-state index contributed by atoms with van der Waals surface area (Å²) in [7, 11) is 0. The summed E-state index contributed by atoms with van der Waals surface area (Å²) in [5.41, 5.74) is 1.99. The van der Waals surface area contributed by atoms with Crippen LogP contribution in [0, 0.1) is 0 Å². The van der Waals surface area contributed by atoms with Gasteiger partial charge in [0.25, 0.3) is 0 Å². The monoisotopic (exact) mass is 397 g/mol. The fourth-order valence-corrected chi connectivity index (χ4v) is 3.21. The molecule has 1 aromatic heterocycles. The number of ether oxygens (including phenoxy) is 2. The van der Waals surface area contributed by atoms with Crippen LogP contribution >= 0.6 is 27.3 Å².